The summed E-state index contributed by atoms with van der Waals surface area (Å²) >= 11 is 5.74. The number of nitro benzene ring substituents is 1. The number of anilines is 1. The molecule has 6 nitrogen and oxygen atoms in total. The lowest BCUT2D eigenvalue weighted by Crippen LogP contribution is -2.14. The van der Waals surface area contributed by atoms with Crippen molar-refractivity contribution in [2.75, 3.05) is 4.72 Å². The summed E-state index contributed by atoms with van der Waals surface area (Å²) < 4.78 is 27.5. The first-order valence-corrected chi connectivity index (χ1v) is 9.31. The van der Waals surface area contributed by atoms with Crippen molar-refractivity contribution >= 4 is 33.0 Å². The van der Waals surface area contributed by atoms with Crippen molar-refractivity contribution < 1.29 is 13.3 Å². The third-order valence-corrected chi connectivity index (χ3v) is 5.72. The number of aryl methyl sites for hydroxylation is 2. The number of nitrogens with one attached hydrogen (secondary N) is 1. The van der Waals surface area contributed by atoms with Crippen LogP contribution in [0.4, 0.5) is 11.4 Å². The van der Waals surface area contributed by atoms with Crippen molar-refractivity contribution in [2.24, 2.45) is 0 Å². The molecule has 0 heterocycles. The molecular weight excluding hydrogens is 352 g/mol. The molecule has 0 atom stereocenters. The van der Waals surface area contributed by atoms with Gasteiger partial charge in [-0.25, -0.2) is 8.42 Å². The van der Waals surface area contributed by atoms with Crippen molar-refractivity contribution in [3.63, 3.8) is 0 Å². The molecule has 1 aliphatic rings. The quantitative estimate of drug-likeness (QED) is 0.655. The number of fused-ring (bicyclic) bond motifs is 1. The zero-order chi connectivity index (χ0) is 17.3. The Balaban J connectivity index is 1.92. The van der Waals surface area contributed by atoms with Crippen LogP contribution in [-0.4, -0.2) is 13.3 Å². The number of halogens is 1. The fraction of sp³-hybridized carbons (Fsp3) is 0.250. The van der Waals surface area contributed by atoms with Crippen LogP contribution in [-0.2, 0) is 22.9 Å². The standard InChI is InChI=1S/C16H15ClN2O4S/c17-15-8-6-13(10-16(15)19(20)21)18-24(22,23)14-7-5-11-3-1-2-4-12(11)9-14/h5-10,18H,1-4H2. The molecule has 24 heavy (non-hydrogen) atoms. The molecule has 0 unspecified atom stereocenters. The number of benzene rings is 2. The second kappa shape index (κ2) is 6.41. The molecule has 0 spiro atoms. The minimum atomic E-state index is -3.82. The molecule has 0 aliphatic heterocycles. The lowest BCUT2D eigenvalue weighted by molar-refractivity contribution is -0.384. The molecule has 0 fully saturated rings. The molecule has 1 N–H and O–H groups in total. The normalized spacial score (nSPS) is 14.0. The maximum Gasteiger partial charge on any atom is 0.289 e. The van der Waals surface area contributed by atoms with Crippen LogP contribution in [0.1, 0.15) is 24.0 Å². The highest BCUT2D eigenvalue weighted by atomic mass is 35.5. The van der Waals surface area contributed by atoms with Gasteiger partial charge < -0.3 is 0 Å². The van der Waals surface area contributed by atoms with Gasteiger partial charge in [-0.15, -0.1) is 0 Å². The summed E-state index contributed by atoms with van der Waals surface area (Å²) in [5.41, 5.74) is 1.99. The smallest absolute Gasteiger partial charge is 0.279 e. The number of sulfonamides is 1. The molecular formula is C16H15ClN2O4S. The predicted molar refractivity (Wildman–Crippen MR) is 92.0 cm³/mol. The van der Waals surface area contributed by atoms with E-state index in [2.05, 4.69) is 4.72 Å². The van der Waals surface area contributed by atoms with E-state index in [1.807, 2.05) is 6.07 Å². The summed E-state index contributed by atoms with van der Waals surface area (Å²) in [5, 5.41) is 10.9. The summed E-state index contributed by atoms with van der Waals surface area (Å²) in [6.45, 7) is 0. The Bertz CT molecular complexity index is 912. The minimum Gasteiger partial charge on any atom is -0.279 e. The summed E-state index contributed by atoms with van der Waals surface area (Å²) in [4.78, 5) is 10.4. The van der Waals surface area contributed by atoms with E-state index in [1.165, 1.54) is 17.7 Å². The summed E-state index contributed by atoms with van der Waals surface area (Å²) in [6, 6.07) is 8.89. The molecule has 2 aromatic carbocycles. The van der Waals surface area contributed by atoms with Crippen molar-refractivity contribution in [1.29, 1.82) is 0 Å². The van der Waals surface area contributed by atoms with Gasteiger partial charge in [0.1, 0.15) is 5.02 Å². The molecule has 0 amide bonds. The van der Waals surface area contributed by atoms with E-state index in [0.717, 1.165) is 37.3 Å². The predicted octanol–water partition coefficient (Wildman–Crippen LogP) is 3.93. The van der Waals surface area contributed by atoms with Gasteiger partial charge in [-0.2, -0.15) is 0 Å². The fourth-order valence-electron chi connectivity index (χ4n) is 2.81. The Morgan fingerprint density at radius 3 is 2.46 bits per heavy atom. The van der Waals surface area contributed by atoms with E-state index >= 15 is 0 Å². The second-order valence-electron chi connectivity index (χ2n) is 5.67. The van der Waals surface area contributed by atoms with Crippen molar-refractivity contribution in [3.8, 4) is 0 Å². The topological polar surface area (TPSA) is 89.3 Å². The van der Waals surface area contributed by atoms with Crippen molar-refractivity contribution in [2.45, 2.75) is 30.6 Å². The SMILES string of the molecule is O=[N+]([O-])c1cc(NS(=O)(=O)c2ccc3c(c2)CCCC3)ccc1Cl. The summed E-state index contributed by atoms with van der Waals surface area (Å²) in [7, 11) is -3.82. The van der Waals surface area contributed by atoms with Gasteiger partial charge in [0.05, 0.1) is 15.5 Å². The molecule has 126 valence electrons. The third kappa shape index (κ3) is 3.37. The molecule has 3 rings (SSSR count). The van der Waals surface area contributed by atoms with Crippen LogP contribution < -0.4 is 4.72 Å². The minimum absolute atomic E-state index is 0.0447. The Morgan fingerprint density at radius 1 is 1.04 bits per heavy atom. The van der Waals surface area contributed by atoms with E-state index in [9.17, 15) is 18.5 Å². The monoisotopic (exact) mass is 366 g/mol. The average molecular weight is 367 g/mol. The van der Waals surface area contributed by atoms with Gasteiger partial charge in [0.25, 0.3) is 15.7 Å². The first-order chi connectivity index (χ1) is 11.4. The summed E-state index contributed by atoms with van der Waals surface area (Å²) in [5.74, 6) is 0. The average Bonchev–Trinajstić information content (AvgIpc) is 2.55. The summed E-state index contributed by atoms with van der Waals surface area (Å²) in [6.07, 6.45) is 4.00. The van der Waals surface area contributed by atoms with E-state index < -0.39 is 14.9 Å². The number of nitro groups is 1. The lowest BCUT2D eigenvalue weighted by atomic mass is 9.92. The van der Waals surface area contributed by atoms with E-state index in [-0.39, 0.29) is 21.3 Å². The van der Waals surface area contributed by atoms with Crippen LogP contribution in [0.3, 0.4) is 0 Å². The number of hydrogen-bond donors (Lipinski definition) is 1. The van der Waals surface area contributed by atoms with Gasteiger partial charge in [-0.3, -0.25) is 14.8 Å². The first kappa shape index (κ1) is 16.7. The van der Waals surface area contributed by atoms with Gasteiger partial charge >= 0.3 is 0 Å². The largest absolute Gasteiger partial charge is 0.289 e. The van der Waals surface area contributed by atoms with Gasteiger partial charge in [-0.1, -0.05) is 17.7 Å². The zero-order valence-corrected chi connectivity index (χ0v) is 14.2. The molecule has 1 aliphatic carbocycles. The van der Waals surface area contributed by atoms with Crippen molar-refractivity contribution in [3.05, 3.63) is 62.7 Å². The van der Waals surface area contributed by atoms with Crippen LogP contribution >= 0.6 is 11.6 Å². The Kier molecular flexibility index (Phi) is 4.47. The van der Waals surface area contributed by atoms with Crippen LogP contribution in [0, 0.1) is 10.1 Å². The maximum absolute atomic E-state index is 12.5. The Labute approximate surface area is 144 Å². The maximum atomic E-state index is 12.5. The molecule has 0 bridgehead atoms. The van der Waals surface area contributed by atoms with E-state index in [1.54, 1.807) is 12.1 Å². The highest BCUT2D eigenvalue weighted by molar-refractivity contribution is 7.92. The lowest BCUT2D eigenvalue weighted by Gasteiger charge is -2.17. The number of rotatable bonds is 4. The molecule has 0 saturated carbocycles. The van der Waals surface area contributed by atoms with Crippen LogP contribution in [0.15, 0.2) is 41.3 Å². The van der Waals surface area contributed by atoms with Gasteiger partial charge in [-0.05, 0) is 61.1 Å². The third-order valence-electron chi connectivity index (χ3n) is 4.03. The fourth-order valence-corrected chi connectivity index (χ4v) is 4.09. The number of nitrogens with zero attached hydrogens (tertiary/aromatic N) is 1. The van der Waals surface area contributed by atoms with Crippen molar-refractivity contribution in [1.82, 2.24) is 0 Å². The Hall–Kier alpha value is -2.12. The second-order valence-corrected chi connectivity index (χ2v) is 7.76. The molecule has 0 aromatic heterocycles. The molecule has 0 radical (unpaired) electrons. The van der Waals surface area contributed by atoms with E-state index in [4.69, 9.17) is 11.6 Å². The van der Waals surface area contributed by atoms with Crippen LogP contribution in [0.5, 0.6) is 0 Å². The highest BCUT2D eigenvalue weighted by Crippen LogP contribution is 2.29. The number of hydrogen-bond acceptors (Lipinski definition) is 4. The molecule has 2 aromatic rings. The van der Waals surface area contributed by atoms with E-state index in [0.29, 0.717) is 0 Å². The van der Waals surface area contributed by atoms with Gasteiger partial charge in [0.2, 0.25) is 0 Å². The first-order valence-electron chi connectivity index (χ1n) is 7.45. The molecule has 8 heteroatoms. The van der Waals surface area contributed by atoms with Gasteiger partial charge in [0.15, 0.2) is 0 Å². The van der Waals surface area contributed by atoms with Crippen LogP contribution in [0.2, 0.25) is 5.02 Å². The van der Waals surface area contributed by atoms with Crippen LogP contribution in [0.25, 0.3) is 0 Å². The van der Waals surface area contributed by atoms with Gasteiger partial charge in [0, 0.05) is 6.07 Å². The zero-order valence-electron chi connectivity index (χ0n) is 12.7. The highest BCUT2D eigenvalue weighted by Gasteiger charge is 2.20. The Morgan fingerprint density at radius 2 is 1.75 bits per heavy atom. The molecule has 0 saturated heterocycles.